The molecule has 8 heteroatoms. The summed E-state index contributed by atoms with van der Waals surface area (Å²) in [5.41, 5.74) is 14.3. The first-order valence-corrected chi connectivity index (χ1v) is 20.0. The maximum absolute atomic E-state index is 14.0. The Morgan fingerprint density at radius 2 is 0.738 bits per heavy atom. The van der Waals surface area contributed by atoms with Crippen molar-refractivity contribution >= 4 is 43.6 Å². The summed E-state index contributed by atoms with van der Waals surface area (Å²) in [7, 11) is 0. The van der Waals surface area contributed by atoms with E-state index in [-0.39, 0.29) is 0 Å². The van der Waals surface area contributed by atoms with Gasteiger partial charge in [-0.15, -0.1) is 0 Å². The Balaban J connectivity index is 1.00. The highest BCUT2D eigenvalue weighted by molar-refractivity contribution is 6.12. The summed E-state index contributed by atoms with van der Waals surface area (Å²) in [5, 5.41) is 3.30. The molecule has 11 rings (SSSR count). The molecule has 2 aromatic heterocycles. The first-order valence-electron chi connectivity index (χ1n) is 20.0. The maximum Gasteiger partial charge on any atom is 0.416 e. The van der Waals surface area contributed by atoms with Crippen molar-refractivity contribution in [1.82, 2.24) is 9.13 Å². The molecular weight excluding hydrogens is 779 g/mol. The van der Waals surface area contributed by atoms with Gasteiger partial charge in [0, 0.05) is 32.9 Å². The molecule has 0 unspecified atom stereocenters. The van der Waals surface area contributed by atoms with Crippen molar-refractivity contribution in [3.63, 3.8) is 0 Å². The number of aryl methyl sites for hydroxylation is 2. The highest BCUT2D eigenvalue weighted by Crippen LogP contribution is 2.44. The first-order chi connectivity index (χ1) is 29.3. The van der Waals surface area contributed by atoms with Gasteiger partial charge >= 0.3 is 12.4 Å². The second-order valence-electron chi connectivity index (χ2n) is 16.2. The van der Waals surface area contributed by atoms with E-state index in [1.807, 2.05) is 83.6 Å². The van der Waals surface area contributed by atoms with Gasteiger partial charge in [0.2, 0.25) is 0 Å². The van der Waals surface area contributed by atoms with E-state index < -0.39 is 23.5 Å². The largest absolute Gasteiger partial charge is 0.416 e. The summed E-state index contributed by atoms with van der Waals surface area (Å²) < 4.78 is 86.5. The summed E-state index contributed by atoms with van der Waals surface area (Å²) in [4.78, 5) is 0. The SMILES string of the molecule is Cc1ccc(-n2c3ccc(-c4ccc5c(c4)-c4cc(-c6ccc7c(c6)c6cc(C)ccc6n7-c6ccc(C(F)(F)F)cc6)ccc4C5)cc3c3cc(C(F)(F)F)ccc32)cc1. The number of hydrogen-bond acceptors (Lipinski definition) is 0. The lowest BCUT2D eigenvalue weighted by atomic mass is 9.95. The molecule has 1 aliphatic rings. The van der Waals surface area contributed by atoms with Crippen LogP contribution in [-0.4, -0.2) is 9.13 Å². The number of hydrogen-bond donors (Lipinski definition) is 0. The second kappa shape index (κ2) is 13.2. The maximum atomic E-state index is 14.0. The van der Waals surface area contributed by atoms with E-state index >= 15 is 0 Å². The van der Waals surface area contributed by atoms with Gasteiger partial charge < -0.3 is 9.13 Å². The van der Waals surface area contributed by atoms with Crippen molar-refractivity contribution < 1.29 is 26.3 Å². The summed E-state index contributed by atoms with van der Waals surface area (Å²) in [6.45, 7) is 4.03. The van der Waals surface area contributed by atoms with Crippen LogP contribution >= 0.6 is 0 Å². The zero-order chi connectivity index (χ0) is 41.9. The first kappa shape index (κ1) is 37.0. The van der Waals surface area contributed by atoms with Gasteiger partial charge in [-0.2, -0.15) is 26.3 Å². The average Bonchev–Trinajstić information content (AvgIpc) is 3.89. The van der Waals surface area contributed by atoms with Crippen molar-refractivity contribution in [2.24, 2.45) is 0 Å². The minimum Gasteiger partial charge on any atom is -0.309 e. The molecule has 10 aromatic rings. The van der Waals surface area contributed by atoms with Gasteiger partial charge in [0.15, 0.2) is 0 Å². The van der Waals surface area contributed by atoms with Gasteiger partial charge in [-0.25, -0.2) is 0 Å². The molecule has 0 saturated carbocycles. The van der Waals surface area contributed by atoms with Crippen LogP contribution in [0.15, 0.2) is 158 Å². The summed E-state index contributed by atoms with van der Waals surface area (Å²) in [6.07, 6.45) is -8.11. The number of alkyl halides is 6. The molecule has 1 aliphatic carbocycles. The van der Waals surface area contributed by atoms with E-state index in [0.29, 0.717) is 16.6 Å². The number of halogens is 6. The third-order valence-corrected chi connectivity index (χ3v) is 12.3. The Hall–Kier alpha value is -7.06. The minimum atomic E-state index is -4.48. The topological polar surface area (TPSA) is 9.86 Å². The smallest absolute Gasteiger partial charge is 0.309 e. The van der Waals surface area contributed by atoms with Crippen LogP contribution in [0, 0.1) is 13.8 Å². The zero-order valence-electron chi connectivity index (χ0n) is 32.9. The zero-order valence-corrected chi connectivity index (χ0v) is 32.9. The number of aromatic nitrogens is 2. The van der Waals surface area contributed by atoms with Crippen LogP contribution in [0.25, 0.3) is 88.4 Å². The van der Waals surface area contributed by atoms with Crippen molar-refractivity contribution in [3.8, 4) is 44.8 Å². The highest BCUT2D eigenvalue weighted by atomic mass is 19.4. The minimum absolute atomic E-state index is 0.540. The lowest BCUT2D eigenvalue weighted by Gasteiger charge is -2.11. The van der Waals surface area contributed by atoms with E-state index in [4.69, 9.17) is 0 Å². The Kier molecular flexibility index (Phi) is 8.01. The fourth-order valence-electron chi connectivity index (χ4n) is 9.27. The molecule has 61 heavy (non-hydrogen) atoms. The molecule has 0 aliphatic heterocycles. The van der Waals surface area contributed by atoms with Crippen LogP contribution in [0.1, 0.15) is 33.4 Å². The van der Waals surface area contributed by atoms with Crippen LogP contribution in [0.2, 0.25) is 0 Å². The van der Waals surface area contributed by atoms with Crippen LogP contribution < -0.4 is 0 Å². The standard InChI is InChI=1S/C53H34F6N2/c1-30-3-15-40(16-4-30)60-50-21-11-35(28-46(50)47-29-39(53(57,58)59)14-22-51(47)60)33-7-9-37-24-36-8-6-32(25-42(36)43(37)26-33)34-10-20-49-45(27-34)44-23-31(2)5-19-48(44)61(49)41-17-12-38(13-18-41)52(54,55)56/h3-23,25-29H,24H2,1-2H3. The number of nitrogens with zero attached hydrogens (tertiary/aromatic N) is 2. The quantitative estimate of drug-likeness (QED) is 0.157. The molecule has 0 bridgehead atoms. The number of benzene rings is 8. The normalized spacial score (nSPS) is 12.9. The Bertz CT molecular complexity index is 3420. The molecule has 0 amide bonds. The van der Waals surface area contributed by atoms with Gasteiger partial charge in [0.25, 0.3) is 0 Å². The molecule has 0 radical (unpaired) electrons. The molecule has 0 N–H and O–H groups in total. The Morgan fingerprint density at radius 1 is 0.361 bits per heavy atom. The van der Waals surface area contributed by atoms with Crippen molar-refractivity contribution in [2.75, 3.05) is 0 Å². The third kappa shape index (κ3) is 6.03. The lowest BCUT2D eigenvalue weighted by Crippen LogP contribution is -2.05. The van der Waals surface area contributed by atoms with Gasteiger partial charge in [-0.05, 0) is 168 Å². The predicted molar refractivity (Wildman–Crippen MR) is 234 cm³/mol. The third-order valence-electron chi connectivity index (χ3n) is 12.3. The monoisotopic (exact) mass is 812 g/mol. The predicted octanol–water partition coefficient (Wildman–Crippen LogP) is 15.4. The molecule has 0 fully saturated rings. The van der Waals surface area contributed by atoms with Crippen molar-refractivity contribution in [3.05, 3.63) is 191 Å². The summed E-state index contributed by atoms with van der Waals surface area (Å²) >= 11 is 0. The van der Waals surface area contributed by atoms with Gasteiger partial charge in [0.05, 0.1) is 33.2 Å². The molecule has 0 saturated heterocycles. The van der Waals surface area contributed by atoms with Crippen LogP contribution in [-0.2, 0) is 18.8 Å². The van der Waals surface area contributed by atoms with Gasteiger partial charge in [0.1, 0.15) is 0 Å². The van der Waals surface area contributed by atoms with Gasteiger partial charge in [-0.3, -0.25) is 0 Å². The van der Waals surface area contributed by atoms with E-state index in [1.54, 1.807) is 6.07 Å². The van der Waals surface area contributed by atoms with Crippen molar-refractivity contribution in [2.45, 2.75) is 32.6 Å². The van der Waals surface area contributed by atoms with Crippen LogP contribution in [0.5, 0.6) is 0 Å². The average molecular weight is 813 g/mol. The Morgan fingerprint density at radius 3 is 1.25 bits per heavy atom. The molecular formula is C53H34F6N2. The van der Waals surface area contributed by atoms with Crippen molar-refractivity contribution in [1.29, 1.82) is 0 Å². The molecule has 8 aromatic carbocycles. The molecule has 298 valence electrons. The van der Waals surface area contributed by atoms with E-state index in [0.717, 1.165) is 108 Å². The number of rotatable bonds is 4. The van der Waals surface area contributed by atoms with Crippen LogP contribution in [0.3, 0.4) is 0 Å². The summed E-state index contributed by atoms with van der Waals surface area (Å²) in [6, 6.07) is 48.7. The highest BCUT2D eigenvalue weighted by Gasteiger charge is 2.32. The van der Waals surface area contributed by atoms with Crippen LogP contribution in [0.4, 0.5) is 26.3 Å². The fourth-order valence-corrected chi connectivity index (χ4v) is 9.27. The molecule has 0 atom stereocenters. The lowest BCUT2D eigenvalue weighted by molar-refractivity contribution is -0.138. The summed E-state index contributed by atoms with van der Waals surface area (Å²) in [5.74, 6) is 0. The van der Waals surface area contributed by atoms with E-state index in [1.165, 1.54) is 29.3 Å². The Labute approximate surface area is 346 Å². The van der Waals surface area contributed by atoms with E-state index in [9.17, 15) is 26.3 Å². The second-order valence-corrected chi connectivity index (χ2v) is 16.2. The fraction of sp³-hybridized carbons (Fsp3) is 0.0943. The molecule has 0 spiro atoms. The van der Waals surface area contributed by atoms with Gasteiger partial charge in [-0.1, -0.05) is 65.7 Å². The molecule has 2 nitrogen and oxygen atoms in total. The molecule has 2 heterocycles. The van der Waals surface area contributed by atoms with E-state index in [2.05, 4.69) is 54.6 Å². The number of fused-ring (bicyclic) bond motifs is 9.